The van der Waals surface area contributed by atoms with Gasteiger partial charge in [-0.2, -0.15) is 19.1 Å². The molecule has 3 rings (SSSR count). The van der Waals surface area contributed by atoms with Gasteiger partial charge in [0.25, 0.3) is 5.91 Å². The molecule has 1 atom stereocenters. The number of guanidine groups is 1. The molecular formula is C25H23ClF2N6O3. The number of hydrogen-bond acceptors (Lipinski definition) is 6. The number of likely N-dealkylation sites (N-methyl/N-ethyl adjacent to an activating group) is 1. The number of halogens is 3. The molecule has 0 fully saturated rings. The minimum absolute atomic E-state index is 0.0305. The molecule has 0 spiro atoms. The summed E-state index contributed by atoms with van der Waals surface area (Å²) in [6.07, 6.45) is 1.80. The Balaban J connectivity index is 2.02. The summed E-state index contributed by atoms with van der Waals surface area (Å²) in [4.78, 5) is 17.5. The summed E-state index contributed by atoms with van der Waals surface area (Å²) in [6.45, 7) is 0.341. The number of ether oxygens (including phenoxy) is 1. The highest BCUT2D eigenvalue weighted by Gasteiger charge is 2.30. The molecule has 0 bridgehead atoms. The first-order valence-corrected chi connectivity index (χ1v) is 11.5. The lowest BCUT2D eigenvalue weighted by molar-refractivity contribution is -0.130. The Hall–Kier alpha value is -4.19. The number of aliphatic hydroxyl groups excluding tert-OH is 1. The van der Waals surface area contributed by atoms with Crippen molar-refractivity contribution in [3.8, 4) is 23.9 Å². The highest BCUT2D eigenvalue weighted by Crippen LogP contribution is 2.26. The number of nitriles is 1. The second-order valence-electron chi connectivity index (χ2n) is 7.68. The van der Waals surface area contributed by atoms with Crippen molar-refractivity contribution in [3.63, 3.8) is 0 Å². The van der Waals surface area contributed by atoms with Crippen LogP contribution in [0.3, 0.4) is 0 Å². The normalized spacial score (nSPS) is 15.0. The highest BCUT2D eigenvalue weighted by molar-refractivity contribution is 6.31. The third-order valence-electron chi connectivity index (χ3n) is 5.18. The quantitative estimate of drug-likeness (QED) is 0.195. The van der Waals surface area contributed by atoms with E-state index in [0.29, 0.717) is 10.7 Å². The molecule has 37 heavy (non-hydrogen) atoms. The number of carbonyl (C=O) groups excluding carboxylic acids is 1. The van der Waals surface area contributed by atoms with Crippen LogP contribution in [-0.2, 0) is 4.79 Å². The van der Waals surface area contributed by atoms with Crippen LogP contribution in [0.5, 0.6) is 5.75 Å². The van der Waals surface area contributed by atoms with Crippen LogP contribution in [0.25, 0.3) is 0 Å². The number of nitrogens with one attached hydrogen (secondary N) is 1. The molecule has 1 amide bonds. The third kappa shape index (κ3) is 7.17. The topological polar surface area (TPSA) is 114 Å². The molecule has 0 aliphatic carbocycles. The van der Waals surface area contributed by atoms with Gasteiger partial charge in [-0.25, -0.2) is 10.0 Å². The maximum absolute atomic E-state index is 12.6. The van der Waals surface area contributed by atoms with E-state index in [-0.39, 0.29) is 30.5 Å². The zero-order chi connectivity index (χ0) is 26.9. The molecule has 1 aliphatic rings. The second kappa shape index (κ2) is 12.7. The largest absolute Gasteiger partial charge is 0.435 e. The van der Waals surface area contributed by atoms with Crippen LogP contribution in [0.4, 0.5) is 14.5 Å². The van der Waals surface area contributed by atoms with Crippen LogP contribution in [0, 0.1) is 36.3 Å². The van der Waals surface area contributed by atoms with Gasteiger partial charge < -0.3 is 9.84 Å². The van der Waals surface area contributed by atoms with Gasteiger partial charge in [-0.1, -0.05) is 29.7 Å². The number of alkyl halides is 2. The second-order valence-corrected chi connectivity index (χ2v) is 8.09. The lowest BCUT2D eigenvalue weighted by Crippen LogP contribution is -2.35. The van der Waals surface area contributed by atoms with Gasteiger partial charge in [-0.15, -0.1) is 0 Å². The Morgan fingerprint density at radius 2 is 2.19 bits per heavy atom. The summed E-state index contributed by atoms with van der Waals surface area (Å²) in [5, 5.41) is 27.6. The molecule has 2 N–H and O–H groups in total. The fourth-order valence-corrected chi connectivity index (χ4v) is 3.54. The Morgan fingerprint density at radius 3 is 2.84 bits per heavy atom. The van der Waals surface area contributed by atoms with E-state index >= 15 is 0 Å². The summed E-state index contributed by atoms with van der Waals surface area (Å²) in [5.74, 6) is 1.91. The number of hydrogen-bond donors (Lipinski definition) is 2. The zero-order valence-corrected chi connectivity index (χ0v) is 20.7. The number of rotatable bonds is 6. The van der Waals surface area contributed by atoms with Crippen molar-refractivity contribution in [2.75, 3.05) is 19.7 Å². The molecule has 1 unspecified atom stereocenters. The molecular weight excluding hydrogens is 506 g/mol. The average Bonchev–Trinajstić information content (AvgIpc) is 3.29. The highest BCUT2D eigenvalue weighted by atomic mass is 35.5. The van der Waals surface area contributed by atoms with E-state index in [1.165, 1.54) is 28.1 Å². The van der Waals surface area contributed by atoms with Gasteiger partial charge in [-0.3, -0.25) is 15.0 Å². The lowest BCUT2D eigenvalue weighted by atomic mass is 9.97. The molecule has 9 nitrogen and oxygen atoms in total. The summed E-state index contributed by atoms with van der Waals surface area (Å²) >= 11 is 6.18. The van der Waals surface area contributed by atoms with Gasteiger partial charge in [0.15, 0.2) is 6.19 Å². The first kappa shape index (κ1) is 27.4. The van der Waals surface area contributed by atoms with Crippen molar-refractivity contribution in [1.29, 1.82) is 5.26 Å². The van der Waals surface area contributed by atoms with Crippen LogP contribution >= 0.6 is 11.6 Å². The number of carbonyl (C=O) groups is 1. The monoisotopic (exact) mass is 528 g/mol. The number of hydrazone groups is 1. The Kier molecular flexibility index (Phi) is 9.39. The van der Waals surface area contributed by atoms with Gasteiger partial charge in [-0.05, 0) is 49.2 Å². The molecule has 0 saturated carbocycles. The lowest BCUT2D eigenvalue weighted by Gasteiger charge is -2.15. The Labute approximate surface area is 217 Å². The third-order valence-corrected chi connectivity index (χ3v) is 5.61. The van der Waals surface area contributed by atoms with Crippen molar-refractivity contribution in [1.82, 2.24) is 15.2 Å². The minimum Gasteiger partial charge on any atom is -0.435 e. The number of amides is 1. The van der Waals surface area contributed by atoms with E-state index < -0.39 is 25.0 Å². The molecule has 192 valence electrons. The minimum atomic E-state index is -3.00. The maximum Gasteiger partial charge on any atom is 0.387 e. The summed E-state index contributed by atoms with van der Waals surface area (Å²) in [7, 11) is 0. The predicted octanol–water partition coefficient (Wildman–Crippen LogP) is 3.45. The molecule has 1 heterocycles. The molecule has 0 radical (unpaired) electrons. The molecule has 2 aromatic carbocycles. The van der Waals surface area contributed by atoms with Crippen LogP contribution in [0.15, 0.2) is 52.6 Å². The molecule has 0 aromatic heterocycles. The fraction of sp³-hybridized carbons (Fsp3) is 0.280. The average molecular weight is 529 g/mol. The number of benzene rings is 2. The molecule has 1 aliphatic heterocycles. The summed E-state index contributed by atoms with van der Waals surface area (Å²) < 4.78 is 29.6. The van der Waals surface area contributed by atoms with E-state index in [0.717, 1.165) is 11.1 Å². The van der Waals surface area contributed by atoms with Crippen LogP contribution < -0.4 is 10.1 Å². The van der Waals surface area contributed by atoms with Gasteiger partial charge in [0.1, 0.15) is 12.4 Å². The van der Waals surface area contributed by atoms with E-state index in [2.05, 4.69) is 32.1 Å². The van der Waals surface area contributed by atoms with Crippen molar-refractivity contribution in [3.05, 3.63) is 58.6 Å². The first-order chi connectivity index (χ1) is 17.7. The van der Waals surface area contributed by atoms with E-state index in [1.54, 1.807) is 31.3 Å². The van der Waals surface area contributed by atoms with Crippen LogP contribution in [0.1, 0.15) is 18.1 Å². The Bertz CT molecular complexity index is 1320. The van der Waals surface area contributed by atoms with Crippen molar-refractivity contribution in [2.24, 2.45) is 16.0 Å². The van der Waals surface area contributed by atoms with Crippen LogP contribution in [0.2, 0.25) is 5.02 Å². The number of aryl methyl sites for hydroxylation is 1. The van der Waals surface area contributed by atoms with Gasteiger partial charge in [0.2, 0.25) is 5.96 Å². The molecule has 12 heteroatoms. The van der Waals surface area contributed by atoms with Crippen molar-refractivity contribution < 1.29 is 23.4 Å². The SMILES string of the molecule is CCN(C#CC1CN(C(=Nc2cccc(OC(F)F)c2)NC#N)N=C1c1ccc(Cl)c(C)c1)C(=O)CO. The van der Waals surface area contributed by atoms with E-state index in [9.17, 15) is 23.9 Å². The number of nitrogens with zero attached hydrogens (tertiary/aromatic N) is 5. The van der Waals surface area contributed by atoms with Crippen molar-refractivity contribution >= 4 is 34.9 Å². The first-order valence-electron chi connectivity index (χ1n) is 11.1. The van der Waals surface area contributed by atoms with Crippen LogP contribution in [-0.4, -0.2) is 58.9 Å². The number of aliphatic imine (C=N–C) groups is 1. The summed E-state index contributed by atoms with van der Waals surface area (Å²) in [5.41, 5.74) is 2.33. The summed E-state index contributed by atoms with van der Waals surface area (Å²) in [6, 6.07) is 13.8. The van der Waals surface area contributed by atoms with Gasteiger partial charge in [0.05, 0.1) is 23.9 Å². The maximum atomic E-state index is 12.6. The Morgan fingerprint density at radius 1 is 1.41 bits per heavy atom. The smallest absolute Gasteiger partial charge is 0.387 e. The molecule has 0 saturated heterocycles. The standard InChI is InChI=1S/C25H23ClF2N6O3/c1-3-33(22(36)14-35)10-9-18-13-34(32-23(18)17-7-8-21(26)16(2)11-17)25(30-15-29)31-19-5-4-6-20(12-19)37-24(27)28/h4-8,11-12,18,24,35H,3,13-14H2,1-2H3,(H,30,31). The van der Waals surface area contributed by atoms with Gasteiger partial charge in [0, 0.05) is 23.7 Å². The number of aliphatic hydroxyl groups is 1. The zero-order valence-electron chi connectivity index (χ0n) is 20.0. The molecule has 2 aromatic rings. The van der Waals surface area contributed by atoms with Crippen molar-refractivity contribution in [2.45, 2.75) is 20.5 Å². The van der Waals surface area contributed by atoms with E-state index in [4.69, 9.17) is 11.6 Å². The predicted molar refractivity (Wildman–Crippen MR) is 134 cm³/mol. The van der Waals surface area contributed by atoms with Gasteiger partial charge >= 0.3 is 6.61 Å². The fourth-order valence-electron chi connectivity index (χ4n) is 3.42. The van der Waals surface area contributed by atoms with E-state index in [1.807, 2.05) is 13.0 Å².